The van der Waals surface area contributed by atoms with Crippen LogP contribution in [0, 0.1) is 0 Å². The molecule has 0 amide bonds. The summed E-state index contributed by atoms with van der Waals surface area (Å²) in [7, 11) is 1.36. The zero-order valence-corrected chi connectivity index (χ0v) is 10.3. The highest BCUT2D eigenvalue weighted by molar-refractivity contribution is 7.12. The van der Waals surface area contributed by atoms with Crippen molar-refractivity contribution in [2.24, 2.45) is 0 Å². The van der Waals surface area contributed by atoms with E-state index in [0.29, 0.717) is 0 Å². The van der Waals surface area contributed by atoms with Gasteiger partial charge < -0.3 is 13.3 Å². The highest BCUT2D eigenvalue weighted by Crippen LogP contribution is 2.39. The van der Waals surface area contributed by atoms with E-state index in [9.17, 15) is 0 Å². The molecule has 0 radical (unpaired) electrons. The Morgan fingerprint density at radius 2 is 1.42 bits per heavy atom. The van der Waals surface area contributed by atoms with Crippen LogP contribution in [0.2, 0.25) is 13.1 Å². The minimum Gasteiger partial charge on any atom is -0.374 e. The van der Waals surface area contributed by atoms with Crippen molar-refractivity contribution in [3.63, 3.8) is 0 Å². The van der Waals surface area contributed by atoms with Gasteiger partial charge in [0.1, 0.15) is 8.07 Å². The molecule has 0 bridgehead atoms. The largest absolute Gasteiger partial charge is 0.527 e. The Balaban J connectivity index is 2.75. The first-order chi connectivity index (χ1) is 5.52. The molecule has 5 heteroatoms. The van der Waals surface area contributed by atoms with Crippen LogP contribution in [0.5, 0.6) is 0 Å². The fraction of sp³-hybridized carbons (Fsp3) is 0.714. The van der Waals surface area contributed by atoms with E-state index in [2.05, 4.69) is 18.8 Å². The average molecular weight is 204 g/mol. The summed E-state index contributed by atoms with van der Waals surface area (Å²) in [5.74, 6) is 0. The van der Waals surface area contributed by atoms with Crippen LogP contribution in [0.1, 0.15) is 0 Å². The molecule has 1 rings (SSSR count). The van der Waals surface area contributed by atoms with Crippen LogP contribution in [0.4, 0.5) is 0 Å². The van der Waals surface area contributed by atoms with Gasteiger partial charge in [-0.2, -0.15) is 0 Å². The quantitative estimate of drug-likeness (QED) is 0.643. The van der Waals surface area contributed by atoms with E-state index in [4.69, 9.17) is 13.3 Å². The minimum atomic E-state index is -2.40. The molecule has 0 aromatic carbocycles. The Morgan fingerprint density at radius 3 is 1.50 bits per heavy atom. The topological polar surface area (TPSA) is 27.7 Å². The molecule has 0 unspecified atom stereocenters. The highest BCUT2D eigenvalue weighted by atomic mass is 28.4. The summed E-state index contributed by atoms with van der Waals surface area (Å²) in [5, 5.41) is 0. The van der Waals surface area contributed by atoms with E-state index < -0.39 is 16.9 Å². The molecule has 12 heavy (non-hydrogen) atoms. The lowest BCUT2D eigenvalue weighted by Gasteiger charge is -2.24. The Kier molecular flexibility index (Phi) is 2.60. The zero-order chi connectivity index (χ0) is 9.41. The van der Waals surface area contributed by atoms with E-state index in [0.717, 1.165) is 0 Å². The fourth-order valence-electron chi connectivity index (χ4n) is 1.39. The van der Waals surface area contributed by atoms with Crippen molar-refractivity contribution < 1.29 is 13.3 Å². The second kappa shape index (κ2) is 3.08. The molecule has 70 valence electrons. The van der Waals surface area contributed by atoms with Gasteiger partial charge in [-0.05, 0) is 4.82 Å². The average Bonchev–Trinajstić information content (AvgIpc) is 2.66. The molecule has 0 aromatic rings. The number of hydrogen-bond donors (Lipinski definition) is 0. The van der Waals surface area contributed by atoms with Crippen LogP contribution >= 0.6 is 0 Å². The summed E-state index contributed by atoms with van der Waals surface area (Å²) >= 11 is 0. The summed E-state index contributed by atoms with van der Waals surface area (Å²) in [4.78, 5) is 1.32. The van der Waals surface area contributed by atoms with Crippen LogP contribution in [0.15, 0.2) is 10.5 Å². The maximum Gasteiger partial charge on any atom is 0.527 e. The van der Waals surface area contributed by atoms with Crippen molar-refractivity contribution >= 4 is 16.9 Å². The predicted molar refractivity (Wildman–Crippen MR) is 52.3 cm³/mol. The van der Waals surface area contributed by atoms with Crippen LogP contribution in [-0.2, 0) is 13.3 Å². The summed E-state index contributed by atoms with van der Waals surface area (Å²) in [6, 6.07) is 0. The van der Waals surface area contributed by atoms with Gasteiger partial charge >= 0.3 is 8.80 Å². The molecule has 0 N–H and O–H groups in total. The normalized spacial score (nSPS) is 20.6. The molecule has 3 nitrogen and oxygen atoms in total. The lowest BCUT2D eigenvalue weighted by molar-refractivity contribution is 0.137. The van der Waals surface area contributed by atoms with Gasteiger partial charge in [-0.25, -0.2) is 0 Å². The summed E-state index contributed by atoms with van der Waals surface area (Å²) in [6.07, 6.45) is 0. The summed E-state index contributed by atoms with van der Waals surface area (Å²) in [6.45, 7) is 4.53. The molecule has 1 heterocycles. The van der Waals surface area contributed by atoms with Gasteiger partial charge in [-0.3, -0.25) is 0 Å². The Morgan fingerprint density at radius 1 is 1.08 bits per heavy atom. The lowest BCUT2D eigenvalue weighted by atomic mass is 11.3. The third-order valence-electron chi connectivity index (χ3n) is 2.25. The van der Waals surface area contributed by atoms with Gasteiger partial charge in [-0.1, -0.05) is 18.8 Å². The SMILES string of the molecule is CO[Si](OC)(OC)C1=C[Si]1(C)C. The van der Waals surface area contributed by atoms with Crippen molar-refractivity contribution in [1.29, 1.82) is 0 Å². The van der Waals surface area contributed by atoms with Crippen LogP contribution < -0.4 is 0 Å². The molecule has 0 fully saturated rings. The molecule has 0 atom stereocenters. The molecule has 0 saturated carbocycles. The molecule has 0 spiro atoms. The molecule has 1 aliphatic heterocycles. The Bertz CT molecular complexity index is 200. The van der Waals surface area contributed by atoms with Crippen molar-refractivity contribution in [3.8, 4) is 0 Å². The predicted octanol–water partition coefficient (Wildman–Crippen LogP) is 1.13. The summed E-state index contributed by atoms with van der Waals surface area (Å²) < 4.78 is 16.1. The lowest BCUT2D eigenvalue weighted by Crippen LogP contribution is -2.46. The van der Waals surface area contributed by atoms with E-state index in [1.165, 1.54) is 4.82 Å². The van der Waals surface area contributed by atoms with Gasteiger partial charge in [-0.15, -0.1) is 0 Å². The van der Waals surface area contributed by atoms with Crippen LogP contribution in [-0.4, -0.2) is 38.2 Å². The second-order valence-electron chi connectivity index (χ2n) is 3.45. The van der Waals surface area contributed by atoms with Crippen LogP contribution in [0.25, 0.3) is 0 Å². The molecule has 1 aliphatic rings. The maximum atomic E-state index is 5.36. The Labute approximate surface area is 75.7 Å². The molecule has 0 aliphatic carbocycles. The van der Waals surface area contributed by atoms with Crippen molar-refractivity contribution in [1.82, 2.24) is 0 Å². The van der Waals surface area contributed by atoms with Crippen molar-refractivity contribution in [2.75, 3.05) is 21.3 Å². The first kappa shape index (κ1) is 10.1. The van der Waals surface area contributed by atoms with Crippen LogP contribution in [0.3, 0.4) is 0 Å². The van der Waals surface area contributed by atoms with E-state index in [-0.39, 0.29) is 0 Å². The van der Waals surface area contributed by atoms with Gasteiger partial charge in [0.2, 0.25) is 0 Å². The molecule has 0 aromatic heterocycles. The maximum absolute atomic E-state index is 5.36. The summed E-state index contributed by atoms with van der Waals surface area (Å²) in [5.41, 5.74) is 2.27. The van der Waals surface area contributed by atoms with E-state index in [1.54, 1.807) is 21.3 Å². The smallest absolute Gasteiger partial charge is 0.374 e. The van der Waals surface area contributed by atoms with Crippen molar-refractivity contribution in [2.45, 2.75) is 13.1 Å². The molecular formula is C7H16O3Si2. The third-order valence-corrected chi connectivity index (χ3v) is 10.0. The first-order valence-corrected chi connectivity index (χ1v) is 8.72. The minimum absolute atomic E-state index is 1.21. The zero-order valence-electron chi connectivity index (χ0n) is 8.30. The first-order valence-electron chi connectivity index (χ1n) is 3.91. The molecular weight excluding hydrogens is 188 g/mol. The molecule has 0 saturated heterocycles. The highest BCUT2D eigenvalue weighted by Gasteiger charge is 2.57. The standard InChI is InChI=1S/C7H16O3Si2/c1-8-12(9-2,10-3)7-6-11(7,4)5/h6H,1-5H3. The second-order valence-corrected chi connectivity index (χ2v) is 11.1. The van der Waals surface area contributed by atoms with E-state index >= 15 is 0 Å². The number of rotatable bonds is 4. The van der Waals surface area contributed by atoms with Gasteiger partial charge in [0.05, 0.1) is 0 Å². The van der Waals surface area contributed by atoms with Gasteiger partial charge in [0, 0.05) is 21.3 Å². The number of hydrogen-bond acceptors (Lipinski definition) is 3. The van der Waals surface area contributed by atoms with Gasteiger partial charge in [0.25, 0.3) is 0 Å². The van der Waals surface area contributed by atoms with Gasteiger partial charge in [0.15, 0.2) is 0 Å². The fourth-order valence-corrected chi connectivity index (χ4v) is 9.93. The Hall–Kier alpha value is 0.0538. The third kappa shape index (κ3) is 1.42. The van der Waals surface area contributed by atoms with Crippen molar-refractivity contribution in [3.05, 3.63) is 10.5 Å². The monoisotopic (exact) mass is 204 g/mol. The van der Waals surface area contributed by atoms with E-state index in [1.807, 2.05) is 0 Å².